The van der Waals surface area contributed by atoms with Gasteiger partial charge in [-0.2, -0.15) is 0 Å². The van der Waals surface area contributed by atoms with E-state index in [2.05, 4.69) is 38.7 Å². The van der Waals surface area contributed by atoms with Gasteiger partial charge in [-0.3, -0.25) is 0 Å². The summed E-state index contributed by atoms with van der Waals surface area (Å²) < 4.78 is 11.7. The number of benzene rings is 1. The van der Waals surface area contributed by atoms with Crippen LogP contribution in [0.15, 0.2) is 55.8 Å². The van der Waals surface area contributed by atoms with Crippen LogP contribution in [0.5, 0.6) is 0 Å². The topological polar surface area (TPSA) is 89.9 Å². The lowest BCUT2D eigenvalue weighted by Crippen LogP contribution is -1.94. The molecule has 0 fully saturated rings. The first-order valence-electron chi connectivity index (χ1n) is 7.99. The number of aromatic nitrogens is 4. The van der Waals surface area contributed by atoms with E-state index < -0.39 is 0 Å². The zero-order valence-corrected chi connectivity index (χ0v) is 15.5. The van der Waals surface area contributed by atoms with Crippen LogP contribution in [0.4, 0.5) is 10.8 Å². The Morgan fingerprint density at radius 1 is 1.08 bits per heavy atom. The maximum Gasteiger partial charge on any atom is 0.283 e. The molecule has 3 aromatic heterocycles. The van der Waals surface area contributed by atoms with Crippen molar-refractivity contribution in [2.75, 3.05) is 5.32 Å². The van der Waals surface area contributed by atoms with Gasteiger partial charge < -0.3 is 14.2 Å². The minimum Gasteiger partial charge on any atom is -0.459 e. The van der Waals surface area contributed by atoms with Gasteiger partial charge >= 0.3 is 0 Å². The molecule has 1 aromatic carbocycles. The molecule has 0 atom stereocenters. The van der Waals surface area contributed by atoms with Crippen molar-refractivity contribution in [2.24, 2.45) is 0 Å². The third-order valence-corrected chi connectivity index (χ3v) is 5.52. The van der Waals surface area contributed by atoms with Crippen LogP contribution in [0.2, 0.25) is 0 Å². The predicted octanol–water partition coefficient (Wildman–Crippen LogP) is 4.78. The minimum atomic E-state index is 0.376. The van der Waals surface area contributed by atoms with Crippen LogP contribution in [0, 0.1) is 0 Å². The van der Waals surface area contributed by atoms with Crippen molar-refractivity contribution in [3.8, 4) is 11.7 Å². The molecule has 1 N–H and O–H groups in total. The van der Waals surface area contributed by atoms with E-state index in [1.807, 2.05) is 18.2 Å². The molecule has 0 unspecified atom stereocenters. The monoisotopic (exact) mass is 385 g/mol. The molecule has 3 heterocycles. The second-order valence-corrected chi connectivity index (χ2v) is 7.48. The molecule has 0 radical (unpaired) electrons. The van der Waals surface area contributed by atoms with Gasteiger partial charge in [0.25, 0.3) is 5.89 Å². The van der Waals surface area contributed by atoms with E-state index in [9.17, 15) is 0 Å². The second-order valence-electron chi connectivity index (χ2n) is 5.28. The van der Waals surface area contributed by atoms with E-state index in [1.54, 1.807) is 18.4 Å². The largest absolute Gasteiger partial charge is 0.459 e. The van der Waals surface area contributed by atoms with Crippen molar-refractivity contribution in [3.05, 3.63) is 54.1 Å². The normalized spacial score (nSPS) is 11.0. The van der Waals surface area contributed by atoms with Crippen molar-refractivity contribution in [2.45, 2.75) is 23.4 Å². The molecule has 0 aliphatic rings. The molecule has 132 valence electrons. The number of nitrogens with zero attached hydrogens (tertiary/aromatic N) is 4. The highest BCUT2D eigenvalue weighted by Gasteiger charge is 2.13. The van der Waals surface area contributed by atoms with Crippen molar-refractivity contribution in [1.29, 1.82) is 0 Å². The number of furan rings is 1. The lowest BCUT2D eigenvalue weighted by atomic mass is 10.1. The number of rotatable bonds is 7. The first-order valence-corrected chi connectivity index (χ1v) is 9.79. The zero-order valence-electron chi connectivity index (χ0n) is 13.9. The summed E-state index contributed by atoms with van der Waals surface area (Å²) in [6, 6.07) is 11.7. The fourth-order valence-corrected chi connectivity index (χ4v) is 3.92. The average Bonchev–Trinajstić information content (AvgIpc) is 3.41. The van der Waals surface area contributed by atoms with Crippen molar-refractivity contribution in [1.82, 2.24) is 20.4 Å². The summed E-state index contributed by atoms with van der Waals surface area (Å²) in [7, 11) is 0. The summed E-state index contributed by atoms with van der Waals surface area (Å²) in [5.41, 5.74) is 2.30. The first kappa shape index (κ1) is 16.8. The quantitative estimate of drug-likeness (QED) is 0.455. The highest BCUT2D eigenvalue weighted by atomic mass is 32.2. The molecular formula is C17H15N5O2S2. The number of para-hydroxylation sites is 1. The highest BCUT2D eigenvalue weighted by Crippen LogP contribution is 2.31. The number of nitrogens with one attached hydrogen (secondary N) is 1. The Bertz CT molecular complexity index is 981. The fraction of sp³-hybridized carbons (Fsp3) is 0.176. The Morgan fingerprint density at radius 3 is 2.85 bits per heavy atom. The third-order valence-electron chi connectivity index (χ3n) is 3.56. The summed E-state index contributed by atoms with van der Waals surface area (Å²) in [5.74, 6) is 1.98. The van der Waals surface area contributed by atoms with Gasteiger partial charge in [0, 0.05) is 5.69 Å². The Balaban J connectivity index is 1.38. The van der Waals surface area contributed by atoms with Gasteiger partial charge in [0.1, 0.15) is 0 Å². The van der Waals surface area contributed by atoms with Crippen LogP contribution in [0.3, 0.4) is 0 Å². The molecule has 4 aromatic rings. The van der Waals surface area contributed by atoms with Crippen LogP contribution in [0.25, 0.3) is 11.7 Å². The van der Waals surface area contributed by atoms with E-state index in [1.165, 1.54) is 28.7 Å². The molecule has 4 rings (SSSR count). The average molecular weight is 385 g/mol. The fourth-order valence-electron chi connectivity index (χ4n) is 2.32. The minimum absolute atomic E-state index is 0.376. The number of aryl methyl sites for hydroxylation is 1. The maximum absolute atomic E-state index is 5.59. The molecule has 0 spiro atoms. The smallest absolute Gasteiger partial charge is 0.283 e. The van der Waals surface area contributed by atoms with Gasteiger partial charge in [0.2, 0.25) is 11.0 Å². The summed E-state index contributed by atoms with van der Waals surface area (Å²) in [6.45, 7) is 2.13. The van der Waals surface area contributed by atoms with Gasteiger partial charge in [-0.25, -0.2) is 0 Å². The molecule has 0 aliphatic carbocycles. The molecule has 26 heavy (non-hydrogen) atoms. The molecule has 0 saturated heterocycles. The Labute approximate surface area is 157 Å². The summed E-state index contributed by atoms with van der Waals surface area (Å²) in [6.07, 6.45) is 2.53. The van der Waals surface area contributed by atoms with Crippen LogP contribution in [-0.2, 0) is 12.2 Å². The molecule has 7 nitrogen and oxygen atoms in total. The van der Waals surface area contributed by atoms with E-state index >= 15 is 0 Å². The molecular weight excluding hydrogens is 370 g/mol. The van der Waals surface area contributed by atoms with Gasteiger partial charge in [-0.15, -0.1) is 20.4 Å². The number of hydrogen-bond acceptors (Lipinski definition) is 9. The molecule has 0 saturated carbocycles. The highest BCUT2D eigenvalue weighted by molar-refractivity contribution is 8.00. The van der Waals surface area contributed by atoms with E-state index in [0.717, 1.165) is 21.6 Å². The van der Waals surface area contributed by atoms with Gasteiger partial charge in [0.15, 0.2) is 10.1 Å². The molecule has 0 aliphatic heterocycles. The molecule has 9 heteroatoms. The Kier molecular flexibility index (Phi) is 4.98. The molecule has 0 amide bonds. The van der Waals surface area contributed by atoms with E-state index in [4.69, 9.17) is 8.83 Å². The maximum atomic E-state index is 5.59. The standard InChI is InChI=1S/C17H15N5O2S2/c1-2-11-6-3-4-7-12(11)18-16-21-22-17(26-16)25-10-14-19-20-15(24-14)13-8-5-9-23-13/h3-9H,2,10H2,1H3,(H,18,21). The van der Waals surface area contributed by atoms with Crippen molar-refractivity contribution in [3.63, 3.8) is 0 Å². The van der Waals surface area contributed by atoms with Crippen LogP contribution in [-0.4, -0.2) is 20.4 Å². The van der Waals surface area contributed by atoms with Gasteiger partial charge in [-0.1, -0.05) is 48.2 Å². The Morgan fingerprint density at radius 2 is 2.00 bits per heavy atom. The van der Waals surface area contributed by atoms with Gasteiger partial charge in [0.05, 0.1) is 12.0 Å². The van der Waals surface area contributed by atoms with E-state index in [0.29, 0.717) is 23.3 Å². The zero-order chi connectivity index (χ0) is 17.8. The van der Waals surface area contributed by atoms with Crippen molar-refractivity contribution >= 4 is 33.9 Å². The first-order chi connectivity index (χ1) is 12.8. The lowest BCUT2D eigenvalue weighted by Gasteiger charge is -2.06. The lowest BCUT2D eigenvalue weighted by molar-refractivity contribution is 0.494. The number of hydrogen-bond donors (Lipinski definition) is 1. The number of anilines is 2. The summed E-state index contributed by atoms with van der Waals surface area (Å²) >= 11 is 3.00. The second kappa shape index (κ2) is 7.71. The van der Waals surface area contributed by atoms with Crippen LogP contribution < -0.4 is 5.32 Å². The van der Waals surface area contributed by atoms with Crippen molar-refractivity contribution < 1.29 is 8.83 Å². The SMILES string of the molecule is CCc1ccccc1Nc1nnc(SCc2nnc(-c3ccco3)o2)s1. The summed E-state index contributed by atoms with van der Waals surface area (Å²) in [5, 5.41) is 20.5. The van der Waals surface area contributed by atoms with Crippen LogP contribution in [0.1, 0.15) is 18.4 Å². The predicted molar refractivity (Wildman–Crippen MR) is 101 cm³/mol. The Hall–Kier alpha value is -2.65. The van der Waals surface area contributed by atoms with Gasteiger partial charge in [-0.05, 0) is 30.2 Å². The van der Waals surface area contributed by atoms with E-state index in [-0.39, 0.29) is 0 Å². The number of thioether (sulfide) groups is 1. The molecule has 0 bridgehead atoms. The summed E-state index contributed by atoms with van der Waals surface area (Å²) in [4.78, 5) is 0. The third kappa shape index (κ3) is 3.78. The van der Waals surface area contributed by atoms with Crippen LogP contribution >= 0.6 is 23.1 Å².